The predicted octanol–water partition coefficient (Wildman–Crippen LogP) is 8.96. The van der Waals surface area contributed by atoms with Gasteiger partial charge in [-0.1, -0.05) is 36.4 Å². The van der Waals surface area contributed by atoms with Crippen LogP contribution in [0.25, 0.3) is 26.3 Å². The Hall–Kier alpha value is -4.68. The molecule has 12 heteroatoms. The van der Waals surface area contributed by atoms with E-state index in [9.17, 15) is 9.90 Å². The number of carbonyl (C=O) groups is 1. The van der Waals surface area contributed by atoms with Crippen LogP contribution in [-0.4, -0.2) is 78.2 Å². The minimum atomic E-state index is -1.23. The standard InChI is InChI=1S/C42H44N2O8S2/c1-47-19-21-49-23-25-51-29-31-3-9-35(10-4-31)44(36-11-5-32(6-12-36)30-52-26-24-50-22-20-48-2)37-13-7-33(8-14-37)39-17-18-41(54-39)40-16-15-38(53-40)27-34(28-43)42(45)46/h3-18,27H,19-26,29-30H2,1-2H3,(H,45,46). The van der Waals surface area contributed by atoms with Gasteiger partial charge < -0.3 is 38.4 Å². The van der Waals surface area contributed by atoms with E-state index in [0.717, 1.165) is 53.3 Å². The molecule has 0 saturated heterocycles. The van der Waals surface area contributed by atoms with Gasteiger partial charge in [-0.25, -0.2) is 4.79 Å². The number of rotatable bonds is 23. The lowest BCUT2D eigenvalue weighted by Crippen LogP contribution is -2.11. The second-order valence-electron chi connectivity index (χ2n) is 11.9. The largest absolute Gasteiger partial charge is 0.477 e. The molecule has 10 nitrogen and oxygen atoms in total. The van der Waals surface area contributed by atoms with Crippen LogP contribution in [-0.2, 0) is 46.4 Å². The van der Waals surface area contributed by atoms with Gasteiger partial charge in [0.2, 0.25) is 0 Å². The van der Waals surface area contributed by atoms with E-state index < -0.39 is 5.97 Å². The zero-order chi connectivity index (χ0) is 38.0. The van der Waals surface area contributed by atoms with E-state index in [4.69, 9.17) is 33.7 Å². The lowest BCUT2D eigenvalue weighted by Gasteiger charge is -2.26. The van der Waals surface area contributed by atoms with Gasteiger partial charge in [0.05, 0.1) is 66.1 Å². The van der Waals surface area contributed by atoms with Crippen LogP contribution in [0.3, 0.4) is 0 Å². The maximum absolute atomic E-state index is 11.3. The highest BCUT2D eigenvalue weighted by Gasteiger charge is 2.15. The molecule has 2 heterocycles. The number of nitriles is 1. The number of thiophene rings is 2. The van der Waals surface area contributed by atoms with Gasteiger partial charge in [0.15, 0.2) is 0 Å². The van der Waals surface area contributed by atoms with Gasteiger partial charge in [0.25, 0.3) is 0 Å². The van der Waals surface area contributed by atoms with Crippen molar-refractivity contribution in [2.45, 2.75) is 13.2 Å². The summed E-state index contributed by atoms with van der Waals surface area (Å²) in [7, 11) is 3.31. The van der Waals surface area contributed by atoms with E-state index in [1.807, 2.05) is 12.1 Å². The van der Waals surface area contributed by atoms with Crippen LogP contribution in [0, 0.1) is 11.3 Å². The first kappa shape index (κ1) is 40.5. The molecule has 3 aromatic carbocycles. The van der Waals surface area contributed by atoms with Gasteiger partial charge >= 0.3 is 5.97 Å². The third kappa shape index (κ3) is 12.2. The highest BCUT2D eigenvalue weighted by molar-refractivity contribution is 7.24. The second-order valence-corrected chi connectivity index (χ2v) is 14.1. The monoisotopic (exact) mass is 768 g/mol. The molecule has 0 radical (unpaired) electrons. The molecule has 1 N–H and O–H groups in total. The van der Waals surface area contributed by atoms with Crippen LogP contribution in [0.2, 0.25) is 0 Å². The summed E-state index contributed by atoms with van der Waals surface area (Å²) in [6.45, 7) is 5.27. The number of carboxylic acids is 1. The number of hydrogen-bond acceptors (Lipinski definition) is 11. The van der Waals surface area contributed by atoms with Gasteiger partial charge in [-0.3, -0.25) is 0 Å². The van der Waals surface area contributed by atoms with E-state index in [1.54, 1.807) is 31.6 Å². The third-order valence-corrected chi connectivity index (χ3v) is 10.4. The van der Waals surface area contributed by atoms with E-state index >= 15 is 0 Å². The summed E-state index contributed by atoms with van der Waals surface area (Å²) in [5.41, 5.74) is 5.96. The summed E-state index contributed by atoms with van der Waals surface area (Å²) in [4.78, 5) is 17.4. The van der Waals surface area contributed by atoms with E-state index in [-0.39, 0.29) is 5.57 Å². The lowest BCUT2D eigenvalue weighted by molar-refractivity contribution is -0.132. The molecule has 0 amide bonds. The number of ether oxygens (including phenoxy) is 6. The molecule has 0 unspecified atom stereocenters. The topological polar surface area (TPSA) is 120 Å². The fourth-order valence-corrected chi connectivity index (χ4v) is 7.33. The Balaban J connectivity index is 1.30. The number of anilines is 3. The zero-order valence-electron chi connectivity index (χ0n) is 30.4. The first-order valence-electron chi connectivity index (χ1n) is 17.4. The molecule has 2 aromatic heterocycles. The van der Waals surface area contributed by atoms with Crippen molar-refractivity contribution in [3.05, 3.63) is 119 Å². The Morgan fingerprint density at radius 2 is 1.06 bits per heavy atom. The number of aliphatic carboxylic acids is 1. The fourth-order valence-electron chi connectivity index (χ4n) is 5.28. The average molecular weight is 769 g/mol. The first-order chi connectivity index (χ1) is 26.5. The van der Waals surface area contributed by atoms with Crippen LogP contribution < -0.4 is 4.90 Å². The van der Waals surface area contributed by atoms with E-state index in [0.29, 0.717) is 66.1 Å². The lowest BCUT2D eigenvalue weighted by atomic mass is 10.1. The summed E-state index contributed by atoms with van der Waals surface area (Å²) in [5, 5.41) is 18.3. The van der Waals surface area contributed by atoms with Gasteiger partial charge in [-0.15, -0.1) is 22.7 Å². The molecular formula is C42H44N2O8S2. The molecule has 0 aliphatic rings. The van der Waals surface area contributed by atoms with E-state index in [1.165, 1.54) is 17.4 Å². The number of hydrogen-bond donors (Lipinski definition) is 1. The molecular weight excluding hydrogens is 725 g/mol. The van der Waals surface area contributed by atoms with E-state index in [2.05, 4.69) is 89.8 Å². The van der Waals surface area contributed by atoms with Crippen molar-refractivity contribution in [3.8, 4) is 26.3 Å². The minimum Gasteiger partial charge on any atom is -0.477 e. The normalized spacial score (nSPS) is 11.5. The second kappa shape index (κ2) is 21.9. The van der Waals surface area contributed by atoms with Crippen LogP contribution in [0.15, 0.2) is 103 Å². The number of benzene rings is 3. The summed E-state index contributed by atoms with van der Waals surface area (Å²) >= 11 is 3.12. The quantitative estimate of drug-likeness (QED) is 0.0392. The average Bonchev–Trinajstić information content (AvgIpc) is 3.88. The molecule has 0 atom stereocenters. The van der Waals surface area contributed by atoms with Gasteiger partial charge in [0.1, 0.15) is 11.6 Å². The van der Waals surface area contributed by atoms with Crippen LogP contribution in [0.1, 0.15) is 16.0 Å². The van der Waals surface area contributed by atoms with Gasteiger partial charge in [-0.05, 0) is 83.4 Å². The number of carboxylic acid groups (broad SMARTS) is 1. The summed E-state index contributed by atoms with van der Waals surface area (Å²) < 4.78 is 32.7. The zero-order valence-corrected chi connectivity index (χ0v) is 32.0. The SMILES string of the molecule is COCCOCCOCc1ccc(N(c2ccc(COCCOCCOC)cc2)c2ccc(-c3ccc(-c4ccc(C=C(C#N)C(=O)O)s4)s3)cc2)cc1. The number of nitrogens with zero attached hydrogens (tertiary/aromatic N) is 2. The Morgan fingerprint density at radius 1 is 0.611 bits per heavy atom. The molecule has 5 aromatic rings. The molecule has 0 aliphatic carbocycles. The smallest absolute Gasteiger partial charge is 0.346 e. The summed E-state index contributed by atoms with van der Waals surface area (Å²) in [6, 6.07) is 35.0. The van der Waals surface area contributed by atoms with Crippen LogP contribution in [0.4, 0.5) is 17.1 Å². The highest BCUT2D eigenvalue weighted by Crippen LogP contribution is 2.40. The summed E-state index contributed by atoms with van der Waals surface area (Å²) in [6.07, 6.45) is 1.41. The van der Waals surface area contributed by atoms with Crippen molar-refractivity contribution in [3.63, 3.8) is 0 Å². The maximum atomic E-state index is 11.3. The minimum absolute atomic E-state index is 0.287. The highest BCUT2D eigenvalue weighted by atomic mass is 32.1. The van der Waals surface area contributed by atoms with Gasteiger partial charge in [0, 0.05) is 50.8 Å². The molecule has 54 heavy (non-hydrogen) atoms. The molecule has 0 spiro atoms. The maximum Gasteiger partial charge on any atom is 0.346 e. The van der Waals surface area contributed by atoms with Crippen molar-refractivity contribution < 1.29 is 38.3 Å². The van der Waals surface area contributed by atoms with Crippen molar-refractivity contribution in [1.82, 2.24) is 0 Å². The fraction of sp³-hybridized carbons (Fsp3) is 0.286. The van der Waals surface area contributed by atoms with Gasteiger partial charge in [-0.2, -0.15) is 5.26 Å². The predicted molar refractivity (Wildman–Crippen MR) is 214 cm³/mol. The first-order valence-corrected chi connectivity index (χ1v) is 19.0. The third-order valence-electron chi connectivity index (χ3n) is 8.06. The van der Waals surface area contributed by atoms with Crippen molar-refractivity contribution >= 4 is 51.8 Å². The van der Waals surface area contributed by atoms with Crippen LogP contribution >= 0.6 is 22.7 Å². The molecule has 0 bridgehead atoms. The molecule has 0 saturated carbocycles. The molecule has 0 fully saturated rings. The van der Waals surface area contributed by atoms with Crippen molar-refractivity contribution in [2.75, 3.05) is 72.0 Å². The molecule has 5 rings (SSSR count). The Labute approximate surface area is 324 Å². The molecule has 0 aliphatic heterocycles. The van der Waals surface area contributed by atoms with Crippen molar-refractivity contribution in [2.24, 2.45) is 0 Å². The van der Waals surface area contributed by atoms with Crippen molar-refractivity contribution in [1.29, 1.82) is 5.26 Å². The molecule has 282 valence electrons. The Kier molecular flexibility index (Phi) is 16.4. The Morgan fingerprint density at radius 3 is 1.56 bits per heavy atom. The summed E-state index contributed by atoms with van der Waals surface area (Å²) in [5.74, 6) is -1.23. The van der Waals surface area contributed by atoms with Crippen LogP contribution in [0.5, 0.6) is 0 Å². The number of methoxy groups -OCH3 is 2. The Bertz CT molecular complexity index is 1890.